The van der Waals surface area contributed by atoms with E-state index in [1.807, 2.05) is 18.3 Å². The monoisotopic (exact) mass is 455 g/mol. The van der Waals surface area contributed by atoms with Crippen LogP contribution in [0.2, 0.25) is 0 Å². The van der Waals surface area contributed by atoms with Gasteiger partial charge in [0, 0.05) is 56.0 Å². The maximum absolute atomic E-state index is 4.36. The number of benzene rings is 2. The minimum atomic E-state index is 0.819. The van der Waals surface area contributed by atoms with Crippen LogP contribution < -0.4 is 10.6 Å². The molecule has 178 valence electrons. The van der Waals surface area contributed by atoms with Gasteiger partial charge in [0.25, 0.3) is 0 Å². The highest BCUT2D eigenvalue weighted by Gasteiger charge is 2.06. The molecule has 2 aromatic carbocycles. The summed E-state index contributed by atoms with van der Waals surface area (Å²) >= 11 is 0. The Balaban J connectivity index is 1.16. The Morgan fingerprint density at radius 2 is 1.71 bits per heavy atom. The van der Waals surface area contributed by atoms with Crippen molar-refractivity contribution in [3.05, 3.63) is 101 Å². The molecule has 0 aliphatic heterocycles. The predicted molar refractivity (Wildman–Crippen MR) is 142 cm³/mol. The van der Waals surface area contributed by atoms with Crippen molar-refractivity contribution in [1.29, 1.82) is 0 Å². The lowest BCUT2D eigenvalue weighted by molar-refractivity contribution is 0.279. The van der Waals surface area contributed by atoms with Crippen LogP contribution in [0.4, 0.5) is 0 Å². The molecule has 0 aliphatic carbocycles. The van der Waals surface area contributed by atoms with Crippen LogP contribution >= 0.6 is 0 Å². The van der Waals surface area contributed by atoms with Gasteiger partial charge in [-0.2, -0.15) is 0 Å². The van der Waals surface area contributed by atoms with Crippen LogP contribution in [0.25, 0.3) is 10.9 Å². The van der Waals surface area contributed by atoms with Gasteiger partial charge < -0.3 is 15.6 Å². The largest absolute Gasteiger partial charge is 0.361 e. The topological polar surface area (TPSA) is 56.0 Å². The minimum Gasteiger partial charge on any atom is -0.361 e. The summed E-state index contributed by atoms with van der Waals surface area (Å²) in [5, 5.41) is 8.44. The molecule has 0 spiro atoms. The number of nitrogens with one attached hydrogen (secondary N) is 3. The van der Waals surface area contributed by atoms with Gasteiger partial charge >= 0.3 is 0 Å². The summed E-state index contributed by atoms with van der Waals surface area (Å²) in [5.74, 6) is 0. The Hall–Kier alpha value is -2.99. The van der Waals surface area contributed by atoms with E-state index in [1.54, 1.807) is 0 Å². The summed E-state index contributed by atoms with van der Waals surface area (Å²) in [4.78, 5) is 10.3. The molecule has 0 fully saturated rings. The van der Waals surface area contributed by atoms with Crippen molar-refractivity contribution in [3.63, 3.8) is 0 Å². The Morgan fingerprint density at radius 1 is 0.882 bits per heavy atom. The van der Waals surface area contributed by atoms with E-state index >= 15 is 0 Å². The smallest absolute Gasteiger partial charge is 0.0541 e. The third kappa shape index (κ3) is 6.76. The summed E-state index contributed by atoms with van der Waals surface area (Å²) in [6, 6.07) is 21.6. The molecule has 2 aromatic heterocycles. The number of aromatic amines is 1. The van der Waals surface area contributed by atoms with E-state index in [2.05, 4.69) is 94.1 Å². The van der Waals surface area contributed by atoms with Crippen molar-refractivity contribution in [2.75, 3.05) is 26.2 Å². The van der Waals surface area contributed by atoms with Crippen LogP contribution in [0, 0.1) is 6.92 Å². The van der Waals surface area contributed by atoms with Gasteiger partial charge in [0.05, 0.1) is 5.69 Å². The summed E-state index contributed by atoms with van der Waals surface area (Å²) in [6.45, 7) is 11.1. The number of H-pyrrole nitrogens is 1. The standard InChI is InChI=1S/C29H37N5/c1-3-34(18-17-31-21-27-8-4-5-15-32-27)22-25-12-10-24(11-13-25)19-30-16-14-26-20-33-29-23(2)7-6-9-28(26)29/h4-13,15,20,30-31,33H,3,14,16-19,21-22H2,1-2H3. The molecule has 0 radical (unpaired) electrons. The molecule has 0 saturated carbocycles. The van der Waals surface area contributed by atoms with Crippen molar-refractivity contribution >= 4 is 10.9 Å². The quantitative estimate of drug-likeness (QED) is 0.253. The SMILES string of the molecule is CCN(CCNCc1ccccn1)Cc1ccc(CNCCc2c[nH]c3c(C)cccc23)cc1. The molecule has 5 heteroatoms. The Bertz CT molecular complexity index is 1130. The van der Waals surface area contributed by atoms with Gasteiger partial charge in [-0.05, 0) is 60.8 Å². The fraction of sp³-hybridized carbons (Fsp3) is 0.345. The Labute approximate surface area is 203 Å². The molecule has 0 amide bonds. The van der Waals surface area contributed by atoms with Gasteiger partial charge in [0.2, 0.25) is 0 Å². The molecule has 4 rings (SSSR count). The van der Waals surface area contributed by atoms with E-state index in [0.29, 0.717) is 0 Å². The number of nitrogens with zero attached hydrogens (tertiary/aromatic N) is 2. The molecule has 0 aliphatic rings. The molecule has 0 unspecified atom stereocenters. The lowest BCUT2D eigenvalue weighted by Gasteiger charge is -2.21. The number of aryl methyl sites for hydroxylation is 1. The first-order valence-electron chi connectivity index (χ1n) is 12.4. The van der Waals surface area contributed by atoms with Crippen molar-refractivity contribution in [3.8, 4) is 0 Å². The number of aromatic nitrogens is 2. The van der Waals surface area contributed by atoms with Crippen LogP contribution in [-0.4, -0.2) is 41.0 Å². The first kappa shape index (κ1) is 24.1. The highest BCUT2D eigenvalue weighted by Crippen LogP contribution is 2.21. The van der Waals surface area contributed by atoms with E-state index in [-0.39, 0.29) is 0 Å². The summed E-state index contributed by atoms with van der Waals surface area (Å²) in [7, 11) is 0. The van der Waals surface area contributed by atoms with Crippen molar-refractivity contribution in [1.82, 2.24) is 25.5 Å². The van der Waals surface area contributed by atoms with Crippen molar-refractivity contribution in [2.45, 2.75) is 39.9 Å². The van der Waals surface area contributed by atoms with Gasteiger partial charge in [-0.1, -0.05) is 55.5 Å². The van der Waals surface area contributed by atoms with E-state index in [0.717, 1.165) is 57.9 Å². The van der Waals surface area contributed by atoms with Crippen molar-refractivity contribution in [2.24, 2.45) is 0 Å². The van der Waals surface area contributed by atoms with Crippen molar-refractivity contribution < 1.29 is 0 Å². The normalized spacial score (nSPS) is 11.5. The first-order valence-corrected chi connectivity index (χ1v) is 12.4. The highest BCUT2D eigenvalue weighted by molar-refractivity contribution is 5.85. The molecular weight excluding hydrogens is 418 g/mol. The third-order valence-corrected chi connectivity index (χ3v) is 6.42. The third-order valence-electron chi connectivity index (χ3n) is 6.42. The van der Waals surface area contributed by atoms with Gasteiger partial charge in [-0.25, -0.2) is 0 Å². The van der Waals surface area contributed by atoms with Crippen LogP contribution in [-0.2, 0) is 26.1 Å². The average Bonchev–Trinajstić information content (AvgIpc) is 3.29. The zero-order chi connectivity index (χ0) is 23.6. The van der Waals surface area contributed by atoms with Crippen LogP contribution in [0.5, 0.6) is 0 Å². The van der Waals surface area contributed by atoms with Crippen LogP contribution in [0.15, 0.2) is 73.1 Å². The van der Waals surface area contributed by atoms with E-state index in [9.17, 15) is 0 Å². The molecule has 0 saturated heterocycles. The van der Waals surface area contributed by atoms with Gasteiger partial charge in [-0.15, -0.1) is 0 Å². The molecule has 5 nitrogen and oxygen atoms in total. The average molecular weight is 456 g/mol. The van der Waals surface area contributed by atoms with E-state index < -0.39 is 0 Å². The summed E-state index contributed by atoms with van der Waals surface area (Å²) < 4.78 is 0. The number of hydrogen-bond donors (Lipinski definition) is 3. The van der Waals surface area contributed by atoms with Gasteiger partial charge in [0.1, 0.15) is 0 Å². The number of hydrogen-bond acceptors (Lipinski definition) is 4. The summed E-state index contributed by atoms with van der Waals surface area (Å²) in [6.07, 6.45) is 5.03. The number of pyridine rings is 1. The van der Waals surface area contributed by atoms with Crippen LogP contribution in [0.3, 0.4) is 0 Å². The fourth-order valence-corrected chi connectivity index (χ4v) is 4.35. The number of rotatable bonds is 13. The van der Waals surface area contributed by atoms with Crippen LogP contribution in [0.1, 0.15) is 34.9 Å². The second kappa shape index (κ2) is 12.5. The molecule has 2 heterocycles. The number of fused-ring (bicyclic) bond motifs is 1. The molecular formula is C29H37N5. The second-order valence-corrected chi connectivity index (χ2v) is 8.92. The lowest BCUT2D eigenvalue weighted by Crippen LogP contribution is -2.31. The molecule has 0 bridgehead atoms. The number of para-hydroxylation sites is 1. The maximum Gasteiger partial charge on any atom is 0.0541 e. The molecule has 4 aromatic rings. The van der Waals surface area contributed by atoms with Gasteiger partial charge in [0.15, 0.2) is 0 Å². The zero-order valence-electron chi connectivity index (χ0n) is 20.5. The molecule has 3 N–H and O–H groups in total. The minimum absolute atomic E-state index is 0.819. The Kier molecular flexibility index (Phi) is 8.85. The fourth-order valence-electron chi connectivity index (χ4n) is 4.35. The first-order chi connectivity index (χ1) is 16.7. The zero-order valence-corrected chi connectivity index (χ0v) is 20.5. The van der Waals surface area contributed by atoms with Gasteiger partial charge in [-0.3, -0.25) is 9.88 Å². The molecule has 34 heavy (non-hydrogen) atoms. The summed E-state index contributed by atoms with van der Waals surface area (Å²) in [5.41, 5.74) is 7.74. The van der Waals surface area contributed by atoms with E-state index in [1.165, 1.54) is 33.2 Å². The second-order valence-electron chi connectivity index (χ2n) is 8.92. The predicted octanol–water partition coefficient (Wildman–Crippen LogP) is 4.82. The van der Waals surface area contributed by atoms with E-state index in [4.69, 9.17) is 0 Å². The molecule has 0 atom stereocenters. The number of likely N-dealkylation sites (N-methyl/N-ethyl adjacent to an activating group) is 1. The lowest BCUT2D eigenvalue weighted by atomic mass is 10.1. The highest BCUT2D eigenvalue weighted by atomic mass is 15.1. The Morgan fingerprint density at radius 3 is 2.50 bits per heavy atom. The maximum atomic E-state index is 4.36.